The molecule has 0 bridgehead atoms. The molecule has 0 radical (unpaired) electrons. The number of aromatic hydroxyl groups is 2. The molecule has 2 aliphatic rings. The van der Waals surface area contributed by atoms with E-state index in [2.05, 4.69) is 15.6 Å². The molecule has 256 valence electrons. The second-order valence-corrected chi connectivity index (χ2v) is 12.4. The van der Waals surface area contributed by atoms with Gasteiger partial charge in [0.15, 0.2) is 5.96 Å². The SMILES string of the molecule is NC(N)=NCCC[C@@H](CO)NC(=O)[C@@H]1C[C@@H]2CC[C@@H](O)C[C@@H]2N1C(=O)[C@@H](Cc1ccc(O)cc1)NC(=O)[C@@H](O)Cc1ccc(O)cc1. The average molecular weight is 655 g/mol. The van der Waals surface area contributed by atoms with Gasteiger partial charge in [0, 0.05) is 25.4 Å². The maximum Gasteiger partial charge on any atom is 0.249 e. The van der Waals surface area contributed by atoms with Crippen molar-refractivity contribution in [2.24, 2.45) is 22.4 Å². The normalized spacial score (nSPS) is 22.4. The molecule has 1 aliphatic carbocycles. The van der Waals surface area contributed by atoms with Gasteiger partial charge < -0.3 is 52.5 Å². The molecule has 2 aromatic rings. The van der Waals surface area contributed by atoms with Gasteiger partial charge in [0.1, 0.15) is 29.7 Å². The fourth-order valence-electron chi connectivity index (χ4n) is 6.50. The van der Waals surface area contributed by atoms with Gasteiger partial charge >= 0.3 is 0 Å². The number of carbonyl (C=O) groups is 3. The Morgan fingerprint density at radius 1 is 0.915 bits per heavy atom. The van der Waals surface area contributed by atoms with Crippen molar-refractivity contribution in [3.05, 3.63) is 59.7 Å². The summed E-state index contributed by atoms with van der Waals surface area (Å²) >= 11 is 0. The number of amides is 3. The van der Waals surface area contributed by atoms with Crippen molar-refractivity contribution in [3.63, 3.8) is 0 Å². The van der Waals surface area contributed by atoms with Crippen LogP contribution in [0.3, 0.4) is 0 Å². The van der Waals surface area contributed by atoms with Gasteiger partial charge in [-0.1, -0.05) is 24.3 Å². The van der Waals surface area contributed by atoms with Gasteiger partial charge in [0.25, 0.3) is 0 Å². The highest BCUT2D eigenvalue weighted by atomic mass is 16.3. The van der Waals surface area contributed by atoms with Gasteiger partial charge in [-0.3, -0.25) is 19.4 Å². The molecule has 14 heteroatoms. The monoisotopic (exact) mass is 654 g/mol. The van der Waals surface area contributed by atoms with Crippen LogP contribution in [-0.2, 0) is 27.2 Å². The van der Waals surface area contributed by atoms with E-state index in [0.717, 1.165) is 0 Å². The summed E-state index contributed by atoms with van der Waals surface area (Å²) in [5.74, 6) is -1.84. The maximum absolute atomic E-state index is 14.5. The van der Waals surface area contributed by atoms with E-state index in [1.54, 1.807) is 24.3 Å². The van der Waals surface area contributed by atoms with Crippen LogP contribution < -0.4 is 22.1 Å². The lowest BCUT2D eigenvalue weighted by Gasteiger charge is -2.37. The fraction of sp³-hybridized carbons (Fsp3) is 0.515. The highest BCUT2D eigenvalue weighted by molar-refractivity contribution is 5.94. The number of fused-ring (bicyclic) bond motifs is 1. The Morgan fingerprint density at radius 3 is 2.13 bits per heavy atom. The Hall–Kier alpha value is -4.40. The molecule has 3 amide bonds. The summed E-state index contributed by atoms with van der Waals surface area (Å²) in [5, 5.41) is 56.2. The molecule has 1 aliphatic heterocycles. The fourth-order valence-corrected chi connectivity index (χ4v) is 6.50. The highest BCUT2D eigenvalue weighted by Crippen LogP contribution is 2.40. The Labute approximate surface area is 273 Å². The maximum atomic E-state index is 14.5. The van der Waals surface area contributed by atoms with Crippen LogP contribution in [0, 0.1) is 5.92 Å². The number of nitrogens with zero attached hydrogens (tertiary/aromatic N) is 2. The zero-order valence-corrected chi connectivity index (χ0v) is 26.2. The largest absolute Gasteiger partial charge is 0.508 e. The summed E-state index contributed by atoms with van der Waals surface area (Å²) in [6, 6.07) is 9.00. The highest BCUT2D eigenvalue weighted by Gasteiger charge is 2.50. The van der Waals surface area contributed by atoms with E-state index in [1.807, 2.05) is 0 Å². The molecule has 1 heterocycles. The van der Waals surface area contributed by atoms with Crippen LogP contribution in [0.1, 0.15) is 49.7 Å². The predicted octanol–water partition coefficient (Wildman–Crippen LogP) is -0.610. The number of hydrogen-bond donors (Lipinski definition) is 9. The number of nitrogens with one attached hydrogen (secondary N) is 2. The van der Waals surface area contributed by atoms with Crippen molar-refractivity contribution < 1.29 is 39.9 Å². The Balaban J connectivity index is 1.57. The molecule has 2 fully saturated rings. The van der Waals surface area contributed by atoms with Gasteiger partial charge in [-0.15, -0.1) is 0 Å². The van der Waals surface area contributed by atoms with Crippen LogP contribution in [0.5, 0.6) is 11.5 Å². The molecule has 47 heavy (non-hydrogen) atoms. The van der Waals surface area contributed by atoms with Gasteiger partial charge in [0.05, 0.1) is 18.8 Å². The molecule has 0 aromatic heterocycles. The predicted molar refractivity (Wildman–Crippen MR) is 173 cm³/mol. The van der Waals surface area contributed by atoms with E-state index in [0.29, 0.717) is 49.8 Å². The second kappa shape index (κ2) is 16.4. The second-order valence-electron chi connectivity index (χ2n) is 12.4. The van der Waals surface area contributed by atoms with Crippen LogP contribution in [0.15, 0.2) is 53.5 Å². The number of nitrogens with two attached hydrogens (primary N) is 2. The molecular weight excluding hydrogens is 608 g/mol. The number of phenolic OH excluding ortho intramolecular Hbond substituents is 2. The van der Waals surface area contributed by atoms with Gasteiger partial charge in [-0.25, -0.2) is 0 Å². The van der Waals surface area contributed by atoms with Gasteiger partial charge in [-0.2, -0.15) is 0 Å². The first-order chi connectivity index (χ1) is 22.4. The number of aliphatic hydroxyl groups excluding tert-OH is 3. The Morgan fingerprint density at radius 2 is 1.53 bits per heavy atom. The summed E-state index contributed by atoms with van der Waals surface area (Å²) in [4.78, 5) is 46.9. The molecule has 14 nitrogen and oxygen atoms in total. The van der Waals surface area contributed by atoms with Crippen LogP contribution in [0.25, 0.3) is 0 Å². The Kier molecular flexibility index (Phi) is 12.4. The van der Waals surface area contributed by atoms with E-state index >= 15 is 0 Å². The number of aliphatic imine (C=N–C) groups is 1. The molecular formula is C33H46N6O8. The third-order valence-electron chi connectivity index (χ3n) is 8.94. The number of guanidine groups is 1. The first kappa shape index (κ1) is 35.5. The van der Waals surface area contributed by atoms with Crippen LogP contribution in [0.2, 0.25) is 0 Å². The third kappa shape index (κ3) is 9.80. The van der Waals surface area contributed by atoms with E-state index < -0.39 is 54.1 Å². The minimum atomic E-state index is -1.51. The van der Waals surface area contributed by atoms with Crippen molar-refractivity contribution in [2.75, 3.05) is 13.2 Å². The molecule has 1 saturated heterocycles. The first-order valence-corrected chi connectivity index (χ1v) is 16.0. The van der Waals surface area contributed by atoms with Crippen molar-refractivity contribution in [3.8, 4) is 11.5 Å². The van der Waals surface area contributed by atoms with E-state index in [9.17, 15) is 39.9 Å². The molecule has 2 aromatic carbocycles. The molecule has 7 atom stereocenters. The van der Waals surface area contributed by atoms with Crippen molar-refractivity contribution in [1.82, 2.24) is 15.5 Å². The molecule has 4 rings (SSSR count). The summed E-state index contributed by atoms with van der Waals surface area (Å²) in [5.41, 5.74) is 12.0. The lowest BCUT2D eigenvalue weighted by molar-refractivity contribution is -0.145. The molecule has 11 N–H and O–H groups in total. The number of likely N-dealkylation sites (tertiary alicyclic amines) is 1. The van der Waals surface area contributed by atoms with Crippen molar-refractivity contribution in [1.29, 1.82) is 0 Å². The number of phenols is 2. The summed E-state index contributed by atoms with van der Waals surface area (Å²) < 4.78 is 0. The number of aliphatic hydroxyl groups is 3. The smallest absolute Gasteiger partial charge is 0.249 e. The topological polar surface area (TPSA) is 244 Å². The van der Waals surface area contributed by atoms with Crippen LogP contribution in [-0.4, -0.2) is 104 Å². The average Bonchev–Trinajstić information content (AvgIpc) is 3.42. The van der Waals surface area contributed by atoms with Crippen LogP contribution >= 0.6 is 0 Å². The molecule has 0 spiro atoms. The minimum Gasteiger partial charge on any atom is -0.508 e. The van der Waals surface area contributed by atoms with E-state index in [4.69, 9.17) is 11.5 Å². The number of rotatable bonds is 14. The number of carbonyl (C=O) groups excluding carboxylic acids is 3. The zero-order valence-electron chi connectivity index (χ0n) is 26.2. The van der Waals surface area contributed by atoms with E-state index in [-0.39, 0.29) is 49.2 Å². The molecule has 1 saturated carbocycles. The van der Waals surface area contributed by atoms with Gasteiger partial charge in [-0.05, 0) is 79.8 Å². The summed E-state index contributed by atoms with van der Waals surface area (Å²) in [7, 11) is 0. The first-order valence-electron chi connectivity index (χ1n) is 16.0. The summed E-state index contributed by atoms with van der Waals surface area (Å²) in [6.07, 6.45) is 0.434. The minimum absolute atomic E-state index is 0.00557. The standard InChI is InChI=1S/C33H46N6O8/c34-33(35)36-13-1-2-22(18-40)37-30(45)28-16-21-7-12-25(43)17-27(21)39(28)32(47)26(14-19-3-8-23(41)9-4-19)38-31(46)29(44)15-20-5-10-24(42)11-6-20/h3-6,8-11,21-22,25-29,40-44H,1-2,7,12-18H2,(H,37,45)(H,38,46)(H4,34,35,36)/t21-,22-,25+,26+,27-,28-,29-/m0/s1. The lowest BCUT2D eigenvalue weighted by atomic mass is 9.83. The van der Waals surface area contributed by atoms with Crippen molar-refractivity contribution in [2.45, 2.75) is 87.7 Å². The van der Waals surface area contributed by atoms with E-state index in [1.165, 1.54) is 29.2 Å². The van der Waals surface area contributed by atoms with Crippen molar-refractivity contribution >= 4 is 23.7 Å². The lowest BCUT2D eigenvalue weighted by Crippen LogP contribution is -2.59. The van der Waals surface area contributed by atoms with Gasteiger partial charge in [0.2, 0.25) is 17.7 Å². The third-order valence-corrected chi connectivity index (χ3v) is 8.94. The summed E-state index contributed by atoms with van der Waals surface area (Å²) in [6.45, 7) is -0.0136. The zero-order chi connectivity index (χ0) is 34.1. The number of hydrogen-bond acceptors (Lipinski definition) is 9. The number of benzene rings is 2. The quantitative estimate of drug-likeness (QED) is 0.0711. The Bertz CT molecular complexity index is 1380. The van der Waals surface area contributed by atoms with Crippen LogP contribution in [0.4, 0.5) is 0 Å². The molecule has 0 unspecified atom stereocenters.